The summed E-state index contributed by atoms with van der Waals surface area (Å²) in [6.45, 7) is 2.12. The van der Waals surface area contributed by atoms with Gasteiger partial charge >= 0.3 is 5.51 Å². The predicted octanol–water partition coefficient (Wildman–Crippen LogP) is 3.10. The van der Waals surface area contributed by atoms with Gasteiger partial charge in [-0.25, -0.2) is 4.21 Å². The fourth-order valence-corrected chi connectivity index (χ4v) is 4.67. The van der Waals surface area contributed by atoms with Crippen LogP contribution in [0.3, 0.4) is 0 Å². The van der Waals surface area contributed by atoms with E-state index in [0.29, 0.717) is 19.0 Å². The molecule has 2 aliphatic heterocycles. The van der Waals surface area contributed by atoms with Crippen LogP contribution in [0.5, 0.6) is 0 Å². The first kappa shape index (κ1) is 17.3. The number of fused-ring (bicyclic) bond motifs is 4. The smallest absolute Gasteiger partial charge is 0.371 e. The van der Waals surface area contributed by atoms with E-state index in [2.05, 4.69) is 4.90 Å². The van der Waals surface area contributed by atoms with Gasteiger partial charge in [0.15, 0.2) is 10.8 Å². The van der Waals surface area contributed by atoms with Crippen LogP contribution < -0.4 is 10.5 Å². The Balaban J connectivity index is 1.58. The van der Waals surface area contributed by atoms with Gasteiger partial charge in [0, 0.05) is 47.9 Å². The van der Waals surface area contributed by atoms with Crippen molar-refractivity contribution in [2.24, 2.45) is 5.92 Å². The van der Waals surface area contributed by atoms with Gasteiger partial charge in [0.25, 0.3) is 5.56 Å². The van der Waals surface area contributed by atoms with Crippen LogP contribution in [0.1, 0.15) is 18.0 Å². The summed E-state index contributed by atoms with van der Waals surface area (Å²) < 4.78 is 51.0. The molecule has 2 aliphatic rings. The average molecular weight is 382 g/mol. The number of rotatable bonds is 2. The van der Waals surface area contributed by atoms with Gasteiger partial charge in [-0.2, -0.15) is 13.2 Å². The van der Waals surface area contributed by atoms with Gasteiger partial charge in [-0.1, -0.05) is 6.07 Å². The monoisotopic (exact) mass is 382 g/mol. The molecule has 1 saturated heterocycles. The molecular weight excluding hydrogens is 365 g/mol. The lowest BCUT2D eigenvalue weighted by Crippen LogP contribution is -2.47. The van der Waals surface area contributed by atoms with Crippen LogP contribution in [0.2, 0.25) is 0 Å². The van der Waals surface area contributed by atoms with Crippen molar-refractivity contribution in [1.82, 2.24) is 4.57 Å². The SMILES string of the molecule is O=c1cccc2n1C[C@H]1C[C@@H]2CN(c2ccc(S(=O)C(F)(F)F)cc2)C1. The normalized spacial score (nSPS) is 23.4. The second-order valence-corrected chi connectivity index (χ2v) is 8.28. The zero-order valence-electron chi connectivity index (χ0n) is 13.8. The highest BCUT2D eigenvalue weighted by Gasteiger charge is 2.38. The minimum absolute atomic E-state index is 0.0182. The van der Waals surface area contributed by atoms with Crippen molar-refractivity contribution in [2.75, 3.05) is 18.0 Å². The summed E-state index contributed by atoms with van der Waals surface area (Å²) in [7, 11) is -3.01. The van der Waals surface area contributed by atoms with Gasteiger partial charge in [0.05, 0.1) is 0 Å². The summed E-state index contributed by atoms with van der Waals surface area (Å²) in [4.78, 5) is 14.0. The highest BCUT2D eigenvalue weighted by Crippen LogP contribution is 2.37. The summed E-state index contributed by atoms with van der Waals surface area (Å²) in [5.41, 5.74) is -2.90. The maximum absolute atomic E-state index is 12.6. The molecule has 8 heteroatoms. The molecule has 0 N–H and O–H groups in total. The second kappa shape index (κ2) is 6.26. The first-order valence-corrected chi connectivity index (χ1v) is 9.51. The molecule has 0 radical (unpaired) electrons. The maximum Gasteiger partial charge on any atom is 0.475 e. The fourth-order valence-electron chi connectivity index (χ4n) is 4.02. The van der Waals surface area contributed by atoms with E-state index in [1.165, 1.54) is 12.1 Å². The number of hydrogen-bond acceptors (Lipinski definition) is 3. The number of pyridine rings is 1. The van der Waals surface area contributed by atoms with E-state index >= 15 is 0 Å². The third kappa shape index (κ3) is 3.06. The summed E-state index contributed by atoms with van der Waals surface area (Å²) >= 11 is 0. The first-order valence-electron chi connectivity index (χ1n) is 8.36. The topological polar surface area (TPSA) is 42.3 Å². The molecule has 0 amide bonds. The predicted molar refractivity (Wildman–Crippen MR) is 92.7 cm³/mol. The van der Waals surface area contributed by atoms with Gasteiger partial charge in [0.2, 0.25) is 0 Å². The molecule has 1 aromatic carbocycles. The maximum atomic E-state index is 12.6. The molecule has 3 heterocycles. The van der Waals surface area contributed by atoms with E-state index in [4.69, 9.17) is 0 Å². The molecule has 2 bridgehead atoms. The van der Waals surface area contributed by atoms with Crippen molar-refractivity contribution in [1.29, 1.82) is 0 Å². The number of piperidine rings is 1. The molecule has 1 unspecified atom stereocenters. The molecule has 138 valence electrons. The number of aromatic nitrogens is 1. The molecule has 4 rings (SSSR count). The first-order chi connectivity index (χ1) is 12.3. The number of alkyl halides is 3. The third-order valence-corrected chi connectivity index (χ3v) is 6.23. The minimum Gasteiger partial charge on any atom is -0.371 e. The van der Waals surface area contributed by atoms with Crippen molar-refractivity contribution in [3.8, 4) is 0 Å². The van der Waals surface area contributed by atoms with E-state index in [0.717, 1.165) is 24.3 Å². The van der Waals surface area contributed by atoms with Crippen LogP contribution in [0, 0.1) is 5.92 Å². The molecule has 1 aromatic heterocycles. The lowest BCUT2D eigenvalue weighted by atomic mass is 9.83. The number of halogens is 3. The average Bonchev–Trinajstić information content (AvgIpc) is 2.61. The molecule has 0 aliphatic carbocycles. The highest BCUT2D eigenvalue weighted by molar-refractivity contribution is 7.86. The largest absolute Gasteiger partial charge is 0.475 e. The molecule has 0 spiro atoms. The Morgan fingerprint density at radius 2 is 1.73 bits per heavy atom. The van der Waals surface area contributed by atoms with E-state index in [9.17, 15) is 22.2 Å². The van der Waals surface area contributed by atoms with E-state index < -0.39 is 16.3 Å². The van der Waals surface area contributed by atoms with Gasteiger partial charge in [0.1, 0.15) is 0 Å². The molecule has 3 atom stereocenters. The van der Waals surface area contributed by atoms with Crippen LogP contribution in [-0.2, 0) is 17.3 Å². The van der Waals surface area contributed by atoms with Crippen molar-refractivity contribution >= 4 is 16.5 Å². The lowest BCUT2D eigenvalue weighted by molar-refractivity contribution is -0.0384. The standard InChI is InChI=1S/C18H17F3N2O2S/c19-18(20,21)26(25)15-6-4-14(5-7-15)22-9-12-8-13(11-22)16-2-1-3-17(24)23(16)10-12/h1-7,12-13H,8-11H2/t12-,13+,26?/m0/s1. The summed E-state index contributed by atoms with van der Waals surface area (Å²) in [5, 5.41) is 0. The van der Waals surface area contributed by atoms with Crippen LogP contribution in [-0.4, -0.2) is 27.4 Å². The van der Waals surface area contributed by atoms with Gasteiger partial charge in [-0.15, -0.1) is 0 Å². The number of hydrogen-bond donors (Lipinski definition) is 0. The van der Waals surface area contributed by atoms with Crippen molar-refractivity contribution < 1.29 is 17.4 Å². The minimum atomic E-state index is -4.75. The second-order valence-electron chi connectivity index (χ2n) is 6.81. The highest BCUT2D eigenvalue weighted by atomic mass is 32.2. The van der Waals surface area contributed by atoms with Crippen molar-refractivity contribution in [3.63, 3.8) is 0 Å². The quantitative estimate of drug-likeness (QED) is 0.802. The zero-order valence-corrected chi connectivity index (χ0v) is 14.6. The Morgan fingerprint density at radius 3 is 2.42 bits per heavy atom. The Hall–Kier alpha value is -2.09. The summed E-state index contributed by atoms with van der Waals surface area (Å²) in [6, 6.07) is 11.1. The molecule has 0 saturated carbocycles. The van der Waals surface area contributed by atoms with Crippen LogP contribution in [0.4, 0.5) is 18.9 Å². The Bertz CT molecular complexity index is 908. The molecule has 2 aromatic rings. The third-order valence-electron chi connectivity index (χ3n) is 5.11. The zero-order chi connectivity index (χ0) is 18.5. The van der Waals surface area contributed by atoms with E-state index in [1.807, 2.05) is 10.6 Å². The molecule has 4 nitrogen and oxygen atoms in total. The van der Waals surface area contributed by atoms with Crippen LogP contribution in [0.15, 0.2) is 52.2 Å². The van der Waals surface area contributed by atoms with Crippen LogP contribution in [0.25, 0.3) is 0 Å². The van der Waals surface area contributed by atoms with Gasteiger partial charge in [-0.05, 0) is 42.7 Å². The Morgan fingerprint density at radius 1 is 1.00 bits per heavy atom. The molecule has 1 fully saturated rings. The molecule has 26 heavy (non-hydrogen) atoms. The van der Waals surface area contributed by atoms with Crippen molar-refractivity contribution in [2.45, 2.75) is 29.3 Å². The lowest BCUT2D eigenvalue weighted by Gasteiger charge is -2.43. The van der Waals surface area contributed by atoms with Crippen LogP contribution >= 0.6 is 0 Å². The summed E-state index contributed by atoms with van der Waals surface area (Å²) in [5.74, 6) is 0.547. The number of anilines is 1. The van der Waals surface area contributed by atoms with E-state index in [-0.39, 0.29) is 16.4 Å². The van der Waals surface area contributed by atoms with Gasteiger partial charge < -0.3 is 9.47 Å². The Labute approximate surface area is 150 Å². The number of nitrogens with zero attached hydrogens (tertiary/aromatic N) is 2. The van der Waals surface area contributed by atoms with Gasteiger partial charge in [-0.3, -0.25) is 4.79 Å². The van der Waals surface area contributed by atoms with E-state index in [1.54, 1.807) is 24.3 Å². The Kier molecular flexibility index (Phi) is 4.17. The van der Waals surface area contributed by atoms with Crippen molar-refractivity contribution in [3.05, 3.63) is 58.5 Å². The number of benzene rings is 1. The summed E-state index contributed by atoms with van der Waals surface area (Å²) in [6.07, 6.45) is 1.01. The fraction of sp³-hybridized carbons (Fsp3) is 0.389. The molecular formula is C18H17F3N2O2S.